The Labute approximate surface area is 48.4 Å². The zero-order valence-corrected chi connectivity index (χ0v) is 5.20. The molecule has 0 spiro atoms. The van der Waals surface area contributed by atoms with E-state index in [1.165, 1.54) is 0 Å². The topological polar surface area (TPSA) is 9.23 Å². The zero-order valence-electron chi connectivity index (χ0n) is 4.39. The smallest absolute Gasteiger partial charge is 0.0963 e. The minimum Gasteiger partial charge on any atom is -0.373 e. The van der Waals surface area contributed by atoms with Crippen LogP contribution in [0.4, 0.5) is 0 Å². The minimum absolute atomic E-state index is 0.605. The Morgan fingerprint density at radius 2 is 2.71 bits per heavy atom. The molecule has 1 rings (SSSR count). The quantitative estimate of drug-likeness (QED) is 0.473. The molecule has 0 amide bonds. The molecule has 0 aliphatic carbocycles. The molecule has 1 fully saturated rings. The van der Waals surface area contributed by atoms with E-state index in [0.717, 1.165) is 12.4 Å². The SMILES string of the molecule is CC1[CH]OCCS1. The molecule has 1 aliphatic heterocycles. The van der Waals surface area contributed by atoms with Crippen LogP contribution in [0.5, 0.6) is 0 Å². The summed E-state index contributed by atoms with van der Waals surface area (Å²) < 4.78 is 5.04. The van der Waals surface area contributed by atoms with Gasteiger partial charge in [-0.1, -0.05) is 6.92 Å². The molecule has 0 aromatic carbocycles. The van der Waals surface area contributed by atoms with Crippen LogP contribution in [0.15, 0.2) is 0 Å². The van der Waals surface area contributed by atoms with E-state index in [4.69, 9.17) is 4.74 Å². The Hall–Kier alpha value is 0.310. The third-order valence-corrected chi connectivity index (χ3v) is 1.91. The second-order valence-corrected chi connectivity index (χ2v) is 3.07. The molecule has 41 valence electrons. The molecular weight excluding hydrogens is 108 g/mol. The van der Waals surface area contributed by atoms with Crippen molar-refractivity contribution in [2.24, 2.45) is 0 Å². The van der Waals surface area contributed by atoms with Crippen molar-refractivity contribution in [1.29, 1.82) is 0 Å². The second-order valence-electron chi connectivity index (χ2n) is 1.58. The van der Waals surface area contributed by atoms with Gasteiger partial charge in [-0.05, 0) is 0 Å². The van der Waals surface area contributed by atoms with Crippen molar-refractivity contribution in [2.75, 3.05) is 12.4 Å². The monoisotopic (exact) mass is 117 g/mol. The first-order chi connectivity index (χ1) is 3.39. The zero-order chi connectivity index (χ0) is 5.11. The fourth-order valence-electron chi connectivity index (χ4n) is 0.525. The predicted octanol–water partition coefficient (Wildman–Crippen LogP) is 1.30. The van der Waals surface area contributed by atoms with Crippen LogP contribution in [0.1, 0.15) is 6.92 Å². The summed E-state index contributed by atoms with van der Waals surface area (Å²) in [6, 6.07) is 0. The van der Waals surface area contributed by atoms with Crippen molar-refractivity contribution < 1.29 is 4.74 Å². The molecule has 1 heterocycles. The van der Waals surface area contributed by atoms with Gasteiger partial charge in [-0.2, -0.15) is 11.8 Å². The Balaban J connectivity index is 2.12. The number of hydrogen-bond donors (Lipinski definition) is 0. The minimum atomic E-state index is 0.605. The van der Waals surface area contributed by atoms with Gasteiger partial charge in [-0.25, -0.2) is 0 Å². The second kappa shape index (κ2) is 2.58. The van der Waals surface area contributed by atoms with Gasteiger partial charge < -0.3 is 4.74 Å². The lowest BCUT2D eigenvalue weighted by molar-refractivity contribution is 0.208. The summed E-state index contributed by atoms with van der Waals surface area (Å²) in [5.74, 6) is 1.15. The first-order valence-corrected chi connectivity index (χ1v) is 3.51. The van der Waals surface area contributed by atoms with Gasteiger partial charge in [0.1, 0.15) is 0 Å². The van der Waals surface area contributed by atoms with Crippen LogP contribution >= 0.6 is 11.8 Å². The summed E-state index contributed by atoms with van der Waals surface area (Å²) in [5.41, 5.74) is 0. The lowest BCUT2D eigenvalue weighted by atomic mass is 10.5. The van der Waals surface area contributed by atoms with Crippen LogP contribution in [0.25, 0.3) is 0 Å². The Kier molecular flexibility index (Phi) is 2.00. The normalized spacial score (nSPS) is 33.0. The summed E-state index contributed by atoms with van der Waals surface area (Å²) in [4.78, 5) is 0. The molecule has 7 heavy (non-hydrogen) atoms. The first-order valence-electron chi connectivity index (χ1n) is 2.46. The lowest BCUT2D eigenvalue weighted by Crippen LogP contribution is -2.11. The van der Waals surface area contributed by atoms with Gasteiger partial charge >= 0.3 is 0 Å². The summed E-state index contributed by atoms with van der Waals surface area (Å²) in [6.45, 7) is 4.94. The third kappa shape index (κ3) is 1.70. The molecular formula is C5H9OS. The highest BCUT2D eigenvalue weighted by Crippen LogP contribution is 2.17. The largest absolute Gasteiger partial charge is 0.373 e. The molecule has 1 atom stereocenters. The number of hydrogen-bond acceptors (Lipinski definition) is 2. The fraction of sp³-hybridized carbons (Fsp3) is 0.800. The highest BCUT2D eigenvalue weighted by molar-refractivity contribution is 8.00. The first kappa shape index (κ1) is 5.45. The molecule has 0 N–H and O–H groups in total. The van der Waals surface area contributed by atoms with E-state index in [9.17, 15) is 0 Å². The highest BCUT2D eigenvalue weighted by Gasteiger charge is 2.07. The van der Waals surface area contributed by atoms with E-state index in [0.29, 0.717) is 5.25 Å². The van der Waals surface area contributed by atoms with E-state index in [1.807, 2.05) is 18.4 Å². The van der Waals surface area contributed by atoms with Gasteiger partial charge in [0.25, 0.3) is 0 Å². The van der Waals surface area contributed by atoms with Crippen molar-refractivity contribution in [3.05, 3.63) is 6.61 Å². The van der Waals surface area contributed by atoms with Crippen LogP contribution in [0.2, 0.25) is 0 Å². The van der Waals surface area contributed by atoms with E-state index in [2.05, 4.69) is 6.92 Å². The van der Waals surface area contributed by atoms with Crippen LogP contribution in [-0.4, -0.2) is 17.6 Å². The molecule has 1 unspecified atom stereocenters. The molecule has 2 heteroatoms. The van der Waals surface area contributed by atoms with E-state index >= 15 is 0 Å². The third-order valence-electron chi connectivity index (χ3n) is 0.870. The van der Waals surface area contributed by atoms with E-state index in [1.54, 1.807) is 0 Å². The van der Waals surface area contributed by atoms with Gasteiger partial charge in [0.2, 0.25) is 0 Å². The average molecular weight is 117 g/mol. The number of rotatable bonds is 0. The van der Waals surface area contributed by atoms with Crippen molar-refractivity contribution in [2.45, 2.75) is 12.2 Å². The maximum Gasteiger partial charge on any atom is 0.0963 e. The molecule has 0 aromatic heterocycles. The maximum atomic E-state index is 5.04. The number of thioether (sulfide) groups is 1. The summed E-state index contributed by atoms with van der Waals surface area (Å²) in [5, 5.41) is 0.605. The van der Waals surface area contributed by atoms with Crippen molar-refractivity contribution >= 4 is 11.8 Å². The summed E-state index contributed by atoms with van der Waals surface area (Å²) in [7, 11) is 0. The highest BCUT2D eigenvalue weighted by atomic mass is 32.2. The van der Waals surface area contributed by atoms with Gasteiger partial charge in [-0.3, -0.25) is 0 Å². The van der Waals surface area contributed by atoms with Gasteiger partial charge in [-0.15, -0.1) is 0 Å². The predicted molar refractivity (Wildman–Crippen MR) is 32.2 cm³/mol. The maximum absolute atomic E-state index is 5.04. The van der Waals surface area contributed by atoms with Gasteiger partial charge in [0, 0.05) is 11.0 Å². The van der Waals surface area contributed by atoms with Crippen molar-refractivity contribution in [3.8, 4) is 0 Å². The standard InChI is InChI=1S/C5H9OS/c1-5-4-6-2-3-7-5/h4-5H,2-3H2,1H3. The molecule has 0 bridgehead atoms. The van der Waals surface area contributed by atoms with E-state index < -0.39 is 0 Å². The summed E-state index contributed by atoms with van der Waals surface area (Å²) in [6.07, 6.45) is 0. The number of ether oxygens (including phenoxy) is 1. The Bertz CT molecular complexity index is 50.0. The summed E-state index contributed by atoms with van der Waals surface area (Å²) >= 11 is 1.94. The van der Waals surface area contributed by atoms with Gasteiger partial charge in [0.15, 0.2) is 0 Å². The average Bonchev–Trinajstić information content (AvgIpc) is 1.69. The molecule has 0 saturated carbocycles. The molecule has 1 aliphatic rings. The Morgan fingerprint density at radius 3 is 3.00 bits per heavy atom. The molecule has 1 saturated heterocycles. The molecule has 1 radical (unpaired) electrons. The molecule has 1 nitrogen and oxygen atoms in total. The van der Waals surface area contributed by atoms with Crippen LogP contribution in [-0.2, 0) is 4.74 Å². The van der Waals surface area contributed by atoms with E-state index in [-0.39, 0.29) is 0 Å². The lowest BCUT2D eigenvalue weighted by Gasteiger charge is -2.15. The Morgan fingerprint density at radius 1 is 1.86 bits per heavy atom. The van der Waals surface area contributed by atoms with Crippen LogP contribution < -0.4 is 0 Å². The van der Waals surface area contributed by atoms with Crippen molar-refractivity contribution in [1.82, 2.24) is 0 Å². The fourth-order valence-corrected chi connectivity index (χ4v) is 1.25. The van der Waals surface area contributed by atoms with Crippen LogP contribution in [0.3, 0.4) is 0 Å². The van der Waals surface area contributed by atoms with Crippen LogP contribution in [0, 0.1) is 6.61 Å². The van der Waals surface area contributed by atoms with Crippen molar-refractivity contribution in [3.63, 3.8) is 0 Å². The molecule has 0 aromatic rings. The van der Waals surface area contributed by atoms with Gasteiger partial charge in [0.05, 0.1) is 13.2 Å².